The maximum Gasteiger partial charge on any atom is 0.276 e. The first-order valence-corrected chi connectivity index (χ1v) is 11.4. The van der Waals surface area contributed by atoms with E-state index in [2.05, 4.69) is 19.9 Å². The van der Waals surface area contributed by atoms with Crippen LogP contribution in [-0.4, -0.2) is 43.4 Å². The first-order chi connectivity index (χ1) is 14.2. The lowest BCUT2D eigenvalue weighted by Crippen LogP contribution is -2.50. The largest absolute Gasteiger partial charge is 0.351 e. The van der Waals surface area contributed by atoms with Gasteiger partial charge >= 0.3 is 0 Å². The van der Waals surface area contributed by atoms with Crippen molar-refractivity contribution in [2.24, 2.45) is 0 Å². The second kappa shape index (κ2) is 9.43. The molecule has 2 aromatic heterocycles. The van der Waals surface area contributed by atoms with Crippen LogP contribution >= 0.6 is 11.5 Å². The molecule has 0 unspecified atom stereocenters. The fraction of sp³-hybridized carbons (Fsp3) is 0.571. The third kappa shape index (κ3) is 4.63. The first kappa shape index (κ1) is 19.9. The summed E-state index contributed by atoms with van der Waals surface area (Å²) in [5.74, 6) is -0.341. The molecule has 0 spiro atoms. The van der Waals surface area contributed by atoms with Gasteiger partial charge in [-0.25, -0.2) is 0 Å². The number of hydrogen-bond acceptors (Lipinski definition) is 6. The van der Waals surface area contributed by atoms with Crippen molar-refractivity contribution in [3.63, 3.8) is 0 Å². The van der Waals surface area contributed by atoms with Crippen LogP contribution in [0.25, 0.3) is 0 Å². The zero-order chi connectivity index (χ0) is 20.1. The van der Waals surface area contributed by atoms with Crippen LogP contribution < -0.4 is 5.32 Å². The first-order valence-electron chi connectivity index (χ1n) is 10.5. The molecule has 154 valence electrons. The number of rotatable bonds is 6. The van der Waals surface area contributed by atoms with Crippen LogP contribution in [0.3, 0.4) is 0 Å². The van der Waals surface area contributed by atoms with Crippen molar-refractivity contribution in [1.29, 1.82) is 0 Å². The van der Waals surface area contributed by atoms with E-state index in [1.54, 1.807) is 22.7 Å². The molecule has 2 fully saturated rings. The molecule has 0 saturated heterocycles. The van der Waals surface area contributed by atoms with Gasteiger partial charge in [0, 0.05) is 35.4 Å². The van der Waals surface area contributed by atoms with Crippen molar-refractivity contribution in [2.45, 2.75) is 75.9 Å². The zero-order valence-electron chi connectivity index (χ0n) is 16.5. The third-order valence-corrected chi connectivity index (χ3v) is 6.51. The molecule has 0 bridgehead atoms. The molecule has 2 aromatic rings. The van der Waals surface area contributed by atoms with Crippen LogP contribution in [0.2, 0.25) is 0 Å². The highest BCUT2D eigenvalue weighted by atomic mass is 32.1. The van der Waals surface area contributed by atoms with Crippen molar-refractivity contribution in [3.05, 3.63) is 41.2 Å². The molecule has 2 amide bonds. The Kier molecular flexibility index (Phi) is 6.49. The predicted octanol–water partition coefficient (Wildman–Crippen LogP) is 3.51. The number of pyridine rings is 1. The Labute approximate surface area is 175 Å². The minimum absolute atomic E-state index is 0.0199. The van der Waals surface area contributed by atoms with Crippen LogP contribution in [0.5, 0.6) is 0 Å². The second-order valence-electron chi connectivity index (χ2n) is 7.97. The maximum absolute atomic E-state index is 13.5. The van der Waals surface area contributed by atoms with E-state index in [-0.39, 0.29) is 23.9 Å². The van der Waals surface area contributed by atoms with Gasteiger partial charge in [-0.1, -0.05) is 42.7 Å². The van der Waals surface area contributed by atoms with Crippen LogP contribution in [0, 0.1) is 0 Å². The fourth-order valence-corrected chi connectivity index (χ4v) is 5.00. The Morgan fingerprint density at radius 3 is 2.52 bits per heavy atom. The lowest BCUT2D eigenvalue weighted by Gasteiger charge is -2.36. The van der Waals surface area contributed by atoms with Crippen molar-refractivity contribution >= 4 is 23.3 Å². The molecule has 0 aliphatic heterocycles. The Morgan fingerprint density at radius 2 is 1.86 bits per heavy atom. The van der Waals surface area contributed by atoms with Crippen molar-refractivity contribution in [1.82, 2.24) is 24.8 Å². The van der Waals surface area contributed by atoms with E-state index in [4.69, 9.17) is 0 Å². The van der Waals surface area contributed by atoms with E-state index in [1.165, 1.54) is 6.42 Å². The summed E-state index contributed by atoms with van der Waals surface area (Å²) in [6, 6.07) is 3.19. The number of amides is 2. The van der Waals surface area contributed by atoms with Gasteiger partial charge in [-0.15, -0.1) is 5.10 Å². The number of nitrogens with one attached hydrogen (secondary N) is 1. The Bertz CT molecular complexity index is 802. The van der Waals surface area contributed by atoms with Crippen LogP contribution in [0.15, 0.2) is 29.9 Å². The second-order valence-corrected chi connectivity index (χ2v) is 8.58. The summed E-state index contributed by atoms with van der Waals surface area (Å²) < 4.78 is 3.85. The summed E-state index contributed by atoms with van der Waals surface area (Å²) in [5, 5.41) is 8.87. The van der Waals surface area contributed by atoms with Crippen molar-refractivity contribution < 1.29 is 9.59 Å². The van der Waals surface area contributed by atoms with Gasteiger partial charge in [0.2, 0.25) is 5.91 Å². The average molecular weight is 414 g/mol. The van der Waals surface area contributed by atoms with Crippen LogP contribution in [-0.2, 0) is 4.79 Å². The molecule has 2 aliphatic carbocycles. The highest BCUT2D eigenvalue weighted by Crippen LogP contribution is 2.33. The molecule has 8 heteroatoms. The summed E-state index contributed by atoms with van der Waals surface area (Å²) in [6.45, 7) is 0. The Morgan fingerprint density at radius 1 is 1.10 bits per heavy atom. The van der Waals surface area contributed by atoms with Gasteiger partial charge in [-0.05, 0) is 43.3 Å². The van der Waals surface area contributed by atoms with Gasteiger partial charge in [-0.3, -0.25) is 14.6 Å². The minimum Gasteiger partial charge on any atom is -0.351 e. The topological polar surface area (TPSA) is 88.1 Å². The molecular weight excluding hydrogens is 386 g/mol. The average Bonchev–Trinajstić information content (AvgIpc) is 3.47. The standard InChI is InChI=1S/C21H27N5O2S/c27-20(23-16-8-2-1-3-9-16)19(15-7-6-12-22-13-15)26(17-10-4-5-11-17)21(28)18-14-29-25-24-18/h6-7,12-14,16-17,19H,1-5,8-11H2,(H,23,27)/t19-/m0/s1. The summed E-state index contributed by atoms with van der Waals surface area (Å²) in [6.07, 6.45) is 12.8. The molecule has 29 heavy (non-hydrogen) atoms. The lowest BCUT2D eigenvalue weighted by atomic mass is 9.94. The number of hydrogen-bond donors (Lipinski definition) is 1. The predicted molar refractivity (Wildman–Crippen MR) is 110 cm³/mol. The van der Waals surface area contributed by atoms with E-state index in [0.717, 1.165) is 68.5 Å². The SMILES string of the molecule is O=C(NC1CCCCC1)[C@H](c1cccnc1)N(C(=O)c1csnn1)C1CCCC1. The molecule has 0 radical (unpaired) electrons. The number of carbonyl (C=O) groups excluding carboxylic acids is 2. The van der Waals surface area contributed by atoms with Crippen molar-refractivity contribution in [2.75, 3.05) is 0 Å². The van der Waals surface area contributed by atoms with Gasteiger partial charge in [0.15, 0.2) is 5.69 Å². The molecule has 2 aliphatic rings. The molecule has 1 atom stereocenters. The van der Waals surface area contributed by atoms with Crippen molar-refractivity contribution in [3.8, 4) is 0 Å². The molecule has 0 aromatic carbocycles. The van der Waals surface area contributed by atoms with E-state index in [0.29, 0.717) is 5.69 Å². The molecule has 4 rings (SSSR count). The number of aromatic nitrogens is 3. The summed E-state index contributed by atoms with van der Waals surface area (Å²) in [7, 11) is 0. The Hall–Kier alpha value is -2.35. The monoisotopic (exact) mass is 413 g/mol. The van der Waals surface area contributed by atoms with Gasteiger partial charge in [0.05, 0.1) is 0 Å². The third-order valence-electron chi connectivity index (χ3n) is 6.01. The lowest BCUT2D eigenvalue weighted by molar-refractivity contribution is -0.127. The van der Waals surface area contributed by atoms with Gasteiger partial charge < -0.3 is 10.2 Å². The fourth-order valence-electron chi connectivity index (χ4n) is 4.57. The molecular formula is C21H27N5O2S. The smallest absolute Gasteiger partial charge is 0.276 e. The molecule has 2 heterocycles. The Balaban J connectivity index is 1.67. The van der Waals surface area contributed by atoms with E-state index in [1.807, 2.05) is 12.1 Å². The van der Waals surface area contributed by atoms with Crippen LogP contribution in [0.4, 0.5) is 0 Å². The summed E-state index contributed by atoms with van der Waals surface area (Å²) >= 11 is 1.15. The zero-order valence-corrected chi connectivity index (χ0v) is 17.3. The summed E-state index contributed by atoms with van der Waals surface area (Å²) in [5.41, 5.74) is 1.05. The molecule has 2 saturated carbocycles. The van der Waals surface area contributed by atoms with Gasteiger partial charge in [-0.2, -0.15) is 0 Å². The highest BCUT2D eigenvalue weighted by molar-refractivity contribution is 7.03. The molecule has 1 N–H and O–H groups in total. The maximum atomic E-state index is 13.5. The highest BCUT2D eigenvalue weighted by Gasteiger charge is 2.39. The van der Waals surface area contributed by atoms with Crippen LogP contribution in [0.1, 0.15) is 79.9 Å². The molecule has 7 nitrogen and oxygen atoms in total. The summed E-state index contributed by atoms with van der Waals surface area (Å²) in [4.78, 5) is 32.9. The quantitative estimate of drug-likeness (QED) is 0.783. The number of carbonyl (C=O) groups is 2. The van der Waals surface area contributed by atoms with Gasteiger partial charge in [0.25, 0.3) is 5.91 Å². The van der Waals surface area contributed by atoms with E-state index in [9.17, 15) is 9.59 Å². The van der Waals surface area contributed by atoms with E-state index >= 15 is 0 Å². The minimum atomic E-state index is -0.706. The van der Waals surface area contributed by atoms with Gasteiger partial charge in [0.1, 0.15) is 6.04 Å². The normalized spacial score (nSPS) is 19.0. The number of nitrogens with zero attached hydrogens (tertiary/aromatic N) is 4. The van der Waals surface area contributed by atoms with E-state index < -0.39 is 6.04 Å².